The zero-order valence-corrected chi connectivity index (χ0v) is 14.5. The van der Waals surface area contributed by atoms with Crippen molar-refractivity contribution in [1.82, 2.24) is 14.7 Å². The van der Waals surface area contributed by atoms with Gasteiger partial charge in [0.25, 0.3) is 5.91 Å². The minimum atomic E-state index is -0.0545. The van der Waals surface area contributed by atoms with E-state index in [0.29, 0.717) is 23.0 Å². The van der Waals surface area contributed by atoms with Gasteiger partial charge in [-0.3, -0.25) is 4.79 Å². The van der Waals surface area contributed by atoms with Crippen LogP contribution in [0.25, 0.3) is 5.69 Å². The summed E-state index contributed by atoms with van der Waals surface area (Å²) in [5.41, 5.74) is 7.45. The molecule has 5 nitrogen and oxygen atoms in total. The predicted molar refractivity (Wildman–Crippen MR) is 93.0 cm³/mol. The largest absolute Gasteiger partial charge is 0.342 e. The van der Waals surface area contributed by atoms with E-state index in [9.17, 15) is 4.79 Å². The Morgan fingerprint density at radius 2 is 2.00 bits per heavy atom. The fourth-order valence-corrected chi connectivity index (χ4v) is 2.29. The van der Waals surface area contributed by atoms with E-state index in [1.165, 1.54) is 0 Å². The number of hydrogen-bond acceptors (Lipinski definition) is 3. The Bertz CT molecular complexity index is 651. The second-order valence-electron chi connectivity index (χ2n) is 6.07. The first-order chi connectivity index (χ1) is 10.9. The quantitative estimate of drug-likeness (QED) is 0.883. The van der Waals surface area contributed by atoms with E-state index in [0.717, 1.165) is 12.1 Å². The minimum absolute atomic E-state index is 0.0545. The van der Waals surface area contributed by atoms with Crippen LogP contribution in [0.5, 0.6) is 0 Å². The van der Waals surface area contributed by atoms with Gasteiger partial charge in [0.2, 0.25) is 0 Å². The average molecular weight is 335 g/mol. The van der Waals surface area contributed by atoms with Crippen LogP contribution in [-0.2, 0) is 0 Å². The maximum absolute atomic E-state index is 12.4. The highest BCUT2D eigenvalue weighted by Gasteiger charge is 2.16. The van der Waals surface area contributed by atoms with Gasteiger partial charge < -0.3 is 10.6 Å². The second kappa shape index (κ2) is 7.62. The standard InChI is InChI=1S/C17H23ClN4O/c1-12(2)16(19)8-9-21(3)17(23)13-10-20-22(11-13)15-6-4-14(18)5-7-15/h4-7,10-12,16H,8-9,19H2,1-3H3. The minimum Gasteiger partial charge on any atom is -0.342 e. The number of halogens is 1. The third-order valence-corrected chi connectivity index (χ3v) is 4.17. The first kappa shape index (κ1) is 17.5. The molecule has 1 heterocycles. The molecular formula is C17H23ClN4O. The molecule has 1 amide bonds. The Balaban J connectivity index is 2.01. The molecule has 0 aliphatic carbocycles. The van der Waals surface area contributed by atoms with Crippen molar-refractivity contribution in [1.29, 1.82) is 0 Å². The van der Waals surface area contributed by atoms with Crippen molar-refractivity contribution in [2.24, 2.45) is 11.7 Å². The van der Waals surface area contributed by atoms with Crippen molar-refractivity contribution in [2.45, 2.75) is 26.3 Å². The highest BCUT2D eigenvalue weighted by atomic mass is 35.5. The summed E-state index contributed by atoms with van der Waals surface area (Å²) < 4.78 is 1.66. The van der Waals surface area contributed by atoms with E-state index in [4.69, 9.17) is 17.3 Å². The summed E-state index contributed by atoms with van der Waals surface area (Å²) in [6.07, 6.45) is 4.09. The molecule has 1 aromatic carbocycles. The topological polar surface area (TPSA) is 64.2 Å². The molecule has 0 aliphatic heterocycles. The number of carbonyl (C=O) groups is 1. The van der Waals surface area contributed by atoms with Crippen LogP contribution in [0.1, 0.15) is 30.6 Å². The summed E-state index contributed by atoms with van der Waals surface area (Å²) in [5.74, 6) is 0.354. The molecule has 0 saturated heterocycles. The van der Waals surface area contributed by atoms with Gasteiger partial charge in [0.05, 0.1) is 17.4 Å². The highest BCUT2D eigenvalue weighted by Crippen LogP contribution is 2.14. The lowest BCUT2D eigenvalue weighted by Crippen LogP contribution is -2.34. The highest BCUT2D eigenvalue weighted by molar-refractivity contribution is 6.30. The molecule has 0 spiro atoms. The van der Waals surface area contributed by atoms with Crippen molar-refractivity contribution >= 4 is 17.5 Å². The van der Waals surface area contributed by atoms with Crippen LogP contribution in [0.4, 0.5) is 0 Å². The number of benzene rings is 1. The van der Waals surface area contributed by atoms with E-state index in [1.807, 2.05) is 12.1 Å². The molecule has 0 fully saturated rings. The molecule has 0 saturated carbocycles. The van der Waals surface area contributed by atoms with Gasteiger partial charge in [0.15, 0.2) is 0 Å². The van der Waals surface area contributed by atoms with E-state index in [1.54, 1.807) is 41.2 Å². The normalized spacial score (nSPS) is 12.4. The molecule has 0 bridgehead atoms. The van der Waals surface area contributed by atoms with Gasteiger partial charge in [-0.05, 0) is 36.6 Å². The molecular weight excluding hydrogens is 312 g/mol. The van der Waals surface area contributed by atoms with Crippen molar-refractivity contribution < 1.29 is 4.79 Å². The van der Waals surface area contributed by atoms with Crippen LogP contribution in [0.15, 0.2) is 36.7 Å². The molecule has 2 N–H and O–H groups in total. The Labute approximate surface area is 142 Å². The van der Waals surface area contributed by atoms with Gasteiger partial charge >= 0.3 is 0 Å². The summed E-state index contributed by atoms with van der Waals surface area (Å²) in [6.45, 7) is 4.80. The number of amides is 1. The molecule has 0 aliphatic rings. The van der Waals surface area contributed by atoms with Gasteiger partial charge in [-0.15, -0.1) is 0 Å². The SMILES string of the molecule is CC(C)C(N)CCN(C)C(=O)c1cnn(-c2ccc(Cl)cc2)c1. The lowest BCUT2D eigenvalue weighted by atomic mass is 10.0. The Morgan fingerprint density at radius 3 is 2.61 bits per heavy atom. The zero-order valence-electron chi connectivity index (χ0n) is 13.7. The van der Waals surface area contributed by atoms with E-state index in [-0.39, 0.29) is 11.9 Å². The predicted octanol–water partition coefficient (Wildman–Crippen LogP) is 2.97. The van der Waals surface area contributed by atoms with E-state index < -0.39 is 0 Å². The van der Waals surface area contributed by atoms with E-state index >= 15 is 0 Å². The number of nitrogens with two attached hydrogens (primary N) is 1. The third kappa shape index (κ3) is 4.56. The van der Waals surface area contributed by atoms with Gasteiger partial charge in [0, 0.05) is 30.9 Å². The first-order valence-corrected chi connectivity index (χ1v) is 8.08. The lowest BCUT2D eigenvalue weighted by Gasteiger charge is -2.21. The summed E-state index contributed by atoms with van der Waals surface area (Å²) in [6, 6.07) is 7.39. The molecule has 1 atom stereocenters. The number of aromatic nitrogens is 2. The molecule has 23 heavy (non-hydrogen) atoms. The maximum atomic E-state index is 12.4. The molecule has 0 radical (unpaired) electrons. The van der Waals surface area contributed by atoms with Gasteiger partial charge in [-0.2, -0.15) is 5.10 Å². The Morgan fingerprint density at radius 1 is 1.35 bits per heavy atom. The molecule has 124 valence electrons. The van der Waals surface area contributed by atoms with Gasteiger partial charge in [-0.25, -0.2) is 4.68 Å². The third-order valence-electron chi connectivity index (χ3n) is 3.92. The number of carbonyl (C=O) groups excluding carboxylic acids is 1. The number of hydrogen-bond donors (Lipinski definition) is 1. The fourth-order valence-electron chi connectivity index (χ4n) is 2.17. The summed E-state index contributed by atoms with van der Waals surface area (Å²) >= 11 is 5.88. The van der Waals surface area contributed by atoms with Crippen molar-refractivity contribution in [3.05, 3.63) is 47.2 Å². The Hall–Kier alpha value is -1.85. The first-order valence-electron chi connectivity index (χ1n) is 7.70. The van der Waals surface area contributed by atoms with Gasteiger partial charge in [-0.1, -0.05) is 25.4 Å². The zero-order chi connectivity index (χ0) is 17.0. The van der Waals surface area contributed by atoms with Gasteiger partial charge in [0.1, 0.15) is 0 Å². The number of rotatable bonds is 6. The van der Waals surface area contributed by atoms with Crippen molar-refractivity contribution in [3.63, 3.8) is 0 Å². The second-order valence-corrected chi connectivity index (χ2v) is 6.51. The molecule has 1 aromatic heterocycles. The molecule has 2 rings (SSSR count). The fraction of sp³-hybridized carbons (Fsp3) is 0.412. The van der Waals surface area contributed by atoms with Crippen molar-refractivity contribution in [3.8, 4) is 5.69 Å². The summed E-state index contributed by atoms with van der Waals surface area (Å²) in [4.78, 5) is 14.1. The summed E-state index contributed by atoms with van der Waals surface area (Å²) in [7, 11) is 1.79. The monoisotopic (exact) mass is 334 g/mol. The van der Waals surface area contributed by atoms with E-state index in [2.05, 4.69) is 18.9 Å². The summed E-state index contributed by atoms with van der Waals surface area (Å²) in [5, 5.41) is 4.91. The molecule has 6 heteroatoms. The van der Waals surface area contributed by atoms with Crippen molar-refractivity contribution in [2.75, 3.05) is 13.6 Å². The smallest absolute Gasteiger partial charge is 0.256 e. The van der Waals surface area contributed by atoms with Crippen LogP contribution >= 0.6 is 11.6 Å². The van der Waals surface area contributed by atoms with Crippen LogP contribution < -0.4 is 5.73 Å². The molecule has 1 unspecified atom stereocenters. The van der Waals surface area contributed by atoms with Crippen LogP contribution in [0.2, 0.25) is 5.02 Å². The average Bonchev–Trinajstić information content (AvgIpc) is 3.01. The van der Waals surface area contributed by atoms with Crippen LogP contribution in [0.3, 0.4) is 0 Å². The maximum Gasteiger partial charge on any atom is 0.256 e. The molecule has 2 aromatic rings. The lowest BCUT2D eigenvalue weighted by molar-refractivity contribution is 0.0789. The van der Waals surface area contributed by atoms with Crippen LogP contribution in [-0.4, -0.2) is 40.2 Å². The number of nitrogens with zero attached hydrogens (tertiary/aromatic N) is 3. The Kier molecular flexibility index (Phi) is 5.80. The van der Waals surface area contributed by atoms with Crippen LogP contribution in [0, 0.1) is 5.92 Å².